The number of fused-ring (bicyclic) bond motifs is 2. The van der Waals surface area contributed by atoms with Crippen LogP contribution in [0.1, 0.15) is 59.8 Å². The van der Waals surface area contributed by atoms with E-state index < -0.39 is 0 Å². The fourth-order valence-corrected chi connectivity index (χ4v) is 5.95. The number of carbonyl (C=O) groups is 1. The highest BCUT2D eigenvalue weighted by atomic mass is 19.1. The summed E-state index contributed by atoms with van der Waals surface area (Å²) in [6, 6.07) is 16.0. The second-order valence-corrected chi connectivity index (χ2v) is 10.6. The molecule has 1 aromatic heterocycles. The Morgan fingerprint density at radius 1 is 1.15 bits per heavy atom. The van der Waals surface area contributed by atoms with Gasteiger partial charge in [-0.2, -0.15) is 5.10 Å². The van der Waals surface area contributed by atoms with Crippen LogP contribution in [0.15, 0.2) is 54.7 Å². The molecule has 3 atom stereocenters. The fraction of sp³-hybridized carbons (Fsp3) is 0.407. The van der Waals surface area contributed by atoms with E-state index in [2.05, 4.69) is 36.4 Å². The monoisotopic (exact) mass is 444 g/mol. The molecule has 1 amide bonds. The SMILES string of the molecule is Cc1ccc(C23CC2CN(C(=O)c2cnn4c2N[C@@H](c2ccccc2)CC4(C)C)C3)cc1F. The molecule has 0 bridgehead atoms. The number of amides is 1. The van der Waals surface area contributed by atoms with Crippen LogP contribution >= 0.6 is 0 Å². The summed E-state index contributed by atoms with van der Waals surface area (Å²) in [4.78, 5) is 15.6. The van der Waals surface area contributed by atoms with Gasteiger partial charge in [0, 0.05) is 18.5 Å². The maximum Gasteiger partial charge on any atom is 0.259 e. The molecule has 2 aromatic carbocycles. The Balaban J connectivity index is 1.28. The van der Waals surface area contributed by atoms with E-state index in [1.54, 1.807) is 19.2 Å². The van der Waals surface area contributed by atoms with Crippen LogP contribution in [0, 0.1) is 18.7 Å². The van der Waals surface area contributed by atoms with Crippen molar-refractivity contribution in [3.8, 4) is 0 Å². The first-order valence-electron chi connectivity index (χ1n) is 11.7. The zero-order chi connectivity index (χ0) is 23.0. The molecule has 2 aliphatic heterocycles. The van der Waals surface area contributed by atoms with Gasteiger partial charge in [0.25, 0.3) is 5.91 Å². The summed E-state index contributed by atoms with van der Waals surface area (Å²) in [6.45, 7) is 7.46. The topological polar surface area (TPSA) is 50.2 Å². The number of piperidine rings is 1. The van der Waals surface area contributed by atoms with Gasteiger partial charge in [0.2, 0.25) is 0 Å². The number of rotatable bonds is 3. The third-order valence-corrected chi connectivity index (χ3v) is 7.97. The highest BCUT2D eigenvalue weighted by Gasteiger charge is 2.62. The van der Waals surface area contributed by atoms with Gasteiger partial charge in [0.05, 0.1) is 17.8 Å². The molecular formula is C27H29FN4O. The van der Waals surface area contributed by atoms with Crippen molar-refractivity contribution >= 4 is 11.7 Å². The van der Waals surface area contributed by atoms with E-state index in [9.17, 15) is 9.18 Å². The lowest BCUT2D eigenvalue weighted by Crippen LogP contribution is -2.39. The van der Waals surface area contributed by atoms with Crippen LogP contribution in [0.3, 0.4) is 0 Å². The first kappa shape index (κ1) is 20.5. The molecule has 6 rings (SSSR count). The molecule has 0 radical (unpaired) electrons. The molecule has 1 N–H and O–H groups in total. The minimum atomic E-state index is -0.215. The summed E-state index contributed by atoms with van der Waals surface area (Å²) < 4.78 is 16.2. The molecule has 6 heteroatoms. The molecular weight excluding hydrogens is 415 g/mol. The third-order valence-electron chi connectivity index (χ3n) is 7.97. The van der Waals surface area contributed by atoms with E-state index in [-0.39, 0.29) is 28.7 Å². The van der Waals surface area contributed by atoms with Gasteiger partial charge < -0.3 is 10.2 Å². The molecule has 170 valence electrons. The summed E-state index contributed by atoms with van der Waals surface area (Å²) in [6.07, 6.45) is 3.61. The van der Waals surface area contributed by atoms with E-state index in [0.717, 1.165) is 24.2 Å². The van der Waals surface area contributed by atoms with Crippen molar-refractivity contribution in [2.75, 3.05) is 18.4 Å². The average Bonchev–Trinajstić information content (AvgIpc) is 3.14. The van der Waals surface area contributed by atoms with Gasteiger partial charge in [0.1, 0.15) is 17.2 Å². The molecule has 3 aromatic rings. The molecule has 1 saturated heterocycles. The number of nitrogens with one attached hydrogen (secondary N) is 1. The number of anilines is 1. The zero-order valence-corrected chi connectivity index (χ0v) is 19.3. The van der Waals surface area contributed by atoms with E-state index in [1.165, 1.54) is 5.56 Å². The van der Waals surface area contributed by atoms with Crippen molar-refractivity contribution < 1.29 is 9.18 Å². The summed E-state index contributed by atoms with van der Waals surface area (Å²) in [5.41, 5.74) is 3.19. The second kappa shape index (κ2) is 6.92. The van der Waals surface area contributed by atoms with Crippen LogP contribution in [0.4, 0.5) is 10.2 Å². The number of hydrogen-bond donors (Lipinski definition) is 1. The minimum absolute atomic E-state index is 0.00687. The molecule has 3 heterocycles. The summed E-state index contributed by atoms with van der Waals surface area (Å²) in [5, 5.41) is 8.22. The lowest BCUT2D eigenvalue weighted by Gasteiger charge is -2.38. The molecule has 1 saturated carbocycles. The third kappa shape index (κ3) is 3.10. The highest BCUT2D eigenvalue weighted by molar-refractivity contribution is 5.99. The predicted octanol–water partition coefficient (Wildman–Crippen LogP) is 5.04. The summed E-state index contributed by atoms with van der Waals surface area (Å²) in [7, 11) is 0. The zero-order valence-electron chi connectivity index (χ0n) is 19.3. The van der Waals surface area contributed by atoms with Gasteiger partial charge in [0.15, 0.2) is 0 Å². The largest absolute Gasteiger partial charge is 0.363 e. The number of halogens is 1. The van der Waals surface area contributed by atoms with E-state index >= 15 is 0 Å². The smallest absolute Gasteiger partial charge is 0.259 e. The maximum atomic E-state index is 14.2. The molecule has 33 heavy (non-hydrogen) atoms. The quantitative estimate of drug-likeness (QED) is 0.616. The number of carbonyl (C=O) groups excluding carboxylic acids is 1. The Bertz CT molecular complexity index is 1250. The second-order valence-electron chi connectivity index (χ2n) is 10.6. The van der Waals surface area contributed by atoms with Gasteiger partial charge in [-0.1, -0.05) is 42.5 Å². The van der Waals surface area contributed by atoms with Crippen molar-refractivity contribution in [2.45, 2.75) is 50.6 Å². The van der Waals surface area contributed by atoms with Crippen LogP contribution in [0.5, 0.6) is 0 Å². The number of aryl methyl sites for hydroxylation is 1. The molecule has 2 unspecified atom stereocenters. The lowest BCUT2D eigenvalue weighted by molar-refractivity contribution is 0.0772. The van der Waals surface area contributed by atoms with Crippen LogP contribution in [-0.4, -0.2) is 33.7 Å². The normalized spacial score (nSPS) is 27.0. The first-order valence-corrected chi connectivity index (χ1v) is 11.7. The Morgan fingerprint density at radius 2 is 1.94 bits per heavy atom. The Hall–Kier alpha value is -3.15. The Labute approximate surface area is 193 Å². The van der Waals surface area contributed by atoms with Gasteiger partial charge in [-0.05, 0) is 62.3 Å². The van der Waals surface area contributed by atoms with E-state index in [0.29, 0.717) is 30.1 Å². The van der Waals surface area contributed by atoms with Gasteiger partial charge in [-0.3, -0.25) is 4.79 Å². The molecule has 1 aliphatic carbocycles. The van der Waals surface area contributed by atoms with Crippen molar-refractivity contribution in [2.24, 2.45) is 5.92 Å². The molecule has 3 aliphatic rings. The van der Waals surface area contributed by atoms with Gasteiger partial charge >= 0.3 is 0 Å². The summed E-state index contributed by atoms with van der Waals surface area (Å²) in [5.74, 6) is 1.03. The molecule has 5 nitrogen and oxygen atoms in total. The van der Waals surface area contributed by atoms with Crippen LogP contribution in [0.2, 0.25) is 0 Å². The highest BCUT2D eigenvalue weighted by Crippen LogP contribution is 2.59. The number of likely N-dealkylation sites (tertiary alicyclic amines) is 1. The van der Waals surface area contributed by atoms with Gasteiger partial charge in [-0.25, -0.2) is 9.07 Å². The van der Waals surface area contributed by atoms with E-state index in [1.807, 2.05) is 39.9 Å². The van der Waals surface area contributed by atoms with Crippen molar-refractivity contribution in [1.82, 2.24) is 14.7 Å². The fourth-order valence-electron chi connectivity index (χ4n) is 5.95. The standard InChI is InChI=1S/C27H29FN4O/c1-17-9-10-19(11-22(17)28)27-12-20(27)15-31(16-27)25(33)21-14-29-32-24(21)30-23(13-26(32,2)3)18-7-5-4-6-8-18/h4-11,14,20,23,30H,12-13,15-16H2,1-3H3/t20?,23-,27?/m1/s1. The number of nitrogens with zero attached hydrogens (tertiary/aromatic N) is 3. The van der Waals surface area contributed by atoms with Crippen molar-refractivity contribution in [1.29, 1.82) is 0 Å². The number of benzene rings is 2. The van der Waals surface area contributed by atoms with Crippen LogP contribution in [-0.2, 0) is 11.0 Å². The summed E-state index contributed by atoms with van der Waals surface area (Å²) >= 11 is 0. The predicted molar refractivity (Wildman–Crippen MR) is 126 cm³/mol. The Kier molecular flexibility index (Phi) is 4.29. The average molecular weight is 445 g/mol. The van der Waals surface area contributed by atoms with Crippen molar-refractivity contribution in [3.63, 3.8) is 0 Å². The number of aromatic nitrogens is 2. The van der Waals surface area contributed by atoms with Gasteiger partial charge in [-0.15, -0.1) is 0 Å². The van der Waals surface area contributed by atoms with Crippen LogP contribution < -0.4 is 5.32 Å². The maximum absolute atomic E-state index is 14.2. The lowest BCUT2D eigenvalue weighted by atomic mass is 9.89. The number of hydrogen-bond acceptors (Lipinski definition) is 3. The molecule has 2 fully saturated rings. The van der Waals surface area contributed by atoms with Crippen LogP contribution in [0.25, 0.3) is 0 Å². The minimum Gasteiger partial charge on any atom is -0.363 e. The molecule has 0 spiro atoms. The first-order chi connectivity index (χ1) is 15.8. The van der Waals surface area contributed by atoms with E-state index in [4.69, 9.17) is 0 Å². The van der Waals surface area contributed by atoms with Crippen molar-refractivity contribution in [3.05, 3.63) is 82.8 Å². The Morgan fingerprint density at radius 3 is 2.70 bits per heavy atom.